The minimum atomic E-state index is -6.10. The Balaban J connectivity index is 2.01. The Hall–Kier alpha value is -3.63. The Bertz CT molecular complexity index is 1540. The number of hydrogen-bond donors (Lipinski definition) is 1. The van der Waals surface area contributed by atoms with Gasteiger partial charge in [-0.05, 0) is 95.0 Å². The molecule has 14 heteroatoms. The minimum Gasteiger partial charge on any atom is -0.321 e. The molecule has 2 amide bonds. The number of alkyl halides is 7. The van der Waals surface area contributed by atoms with Crippen molar-refractivity contribution in [3.8, 4) is 6.07 Å². The fourth-order valence-corrected chi connectivity index (χ4v) is 4.94. The van der Waals surface area contributed by atoms with E-state index in [1.165, 1.54) is 43.3 Å². The molecule has 42 heavy (non-hydrogen) atoms. The monoisotopic (exact) mass is 677 g/mol. The number of amides is 2. The summed E-state index contributed by atoms with van der Waals surface area (Å²) in [5, 5.41) is 5.90. The van der Waals surface area contributed by atoms with E-state index in [1.54, 1.807) is 6.92 Å². The van der Waals surface area contributed by atoms with Gasteiger partial charge in [-0.3, -0.25) is 9.59 Å². The third-order valence-corrected chi connectivity index (χ3v) is 7.19. The number of rotatable bonds is 8. The largest absolute Gasteiger partial charge is 0.434 e. The minimum absolute atomic E-state index is 0.0107. The molecule has 0 heterocycles. The number of hydrogen-bond acceptors (Lipinski definition) is 3. The first-order valence-electron chi connectivity index (χ1n) is 12.1. The number of aryl methyl sites for hydroxylation is 1. The first-order chi connectivity index (χ1) is 19.5. The van der Waals surface area contributed by atoms with Crippen LogP contribution in [0.1, 0.15) is 51.3 Å². The normalized spacial score (nSPS) is 13.2. The van der Waals surface area contributed by atoms with Crippen LogP contribution in [-0.4, -0.2) is 29.9 Å². The Labute approximate surface area is 249 Å². The van der Waals surface area contributed by atoms with E-state index in [-0.39, 0.29) is 35.5 Å². The maximum atomic E-state index is 15.6. The standard InChI is InChI=1S/C28H20BrClF7N3O2/c1-3-16-12-18(26(32,27(30,33)34)28(35,36)37)13-20(29)23(16)39-24(41)19-6-5-7-21(22(19)31)40(4-2)25(42)17-10-8-15(14-38)9-11-17/h5-13H,3-4H2,1-2H3,(H,39,41). The molecule has 5 nitrogen and oxygen atoms in total. The maximum absolute atomic E-state index is 15.6. The lowest BCUT2D eigenvalue weighted by molar-refractivity contribution is -0.286. The number of nitrogens with one attached hydrogen (secondary N) is 1. The zero-order valence-electron chi connectivity index (χ0n) is 21.7. The number of anilines is 2. The summed E-state index contributed by atoms with van der Waals surface area (Å²) in [5.74, 6) is -2.82. The van der Waals surface area contributed by atoms with Gasteiger partial charge in [0.05, 0.1) is 28.6 Å². The number of carbonyl (C=O) groups is 2. The Morgan fingerprint density at radius 3 is 2.14 bits per heavy atom. The highest BCUT2D eigenvalue weighted by Gasteiger charge is 2.72. The molecule has 0 radical (unpaired) electrons. The summed E-state index contributed by atoms with van der Waals surface area (Å²) in [4.78, 5) is 27.3. The average molecular weight is 679 g/mol. The lowest BCUT2D eigenvalue weighted by Gasteiger charge is -2.32. The van der Waals surface area contributed by atoms with Crippen LogP contribution in [0.2, 0.25) is 0 Å². The summed E-state index contributed by atoms with van der Waals surface area (Å²) in [6.07, 6.45) is -6.26. The topological polar surface area (TPSA) is 73.2 Å². The van der Waals surface area contributed by atoms with Gasteiger partial charge < -0.3 is 10.2 Å². The van der Waals surface area contributed by atoms with E-state index in [0.717, 1.165) is 11.0 Å². The number of benzene rings is 3. The Kier molecular flexibility index (Phi) is 9.64. The number of nitriles is 1. The van der Waals surface area contributed by atoms with Crippen molar-refractivity contribution in [1.82, 2.24) is 0 Å². The van der Waals surface area contributed by atoms with Gasteiger partial charge in [0.2, 0.25) is 0 Å². The molecule has 3 aromatic carbocycles. The van der Waals surface area contributed by atoms with E-state index in [4.69, 9.17) is 5.26 Å². The molecular weight excluding hydrogens is 659 g/mol. The first kappa shape index (κ1) is 32.9. The van der Waals surface area contributed by atoms with Crippen LogP contribution in [0, 0.1) is 17.1 Å². The van der Waals surface area contributed by atoms with Gasteiger partial charge in [0.25, 0.3) is 11.8 Å². The van der Waals surface area contributed by atoms with Crippen molar-refractivity contribution in [3.05, 3.63) is 92.7 Å². The second-order valence-electron chi connectivity index (χ2n) is 8.83. The molecule has 3 rings (SSSR count). The molecule has 1 unspecified atom stereocenters. The summed E-state index contributed by atoms with van der Waals surface area (Å²) in [5.41, 5.74) is -7.56. The third kappa shape index (κ3) is 6.10. The quantitative estimate of drug-likeness (QED) is 0.192. The maximum Gasteiger partial charge on any atom is 0.434 e. The molecule has 0 aliphatic rings. The highest BCUT2D eigenvalue weighted by Crippen LogP contribution is 2.55. The predicted molar refractivity (Wildman–Crippen MR) is 146 cm³/mol. The van der Waals surface area contributed by atoms with Crippen molar-refractivity contribution in [2.45, 2.75) is 37.5 Å². The van der Waals surface area contributed by atoms with Crippen molar-refractivity contribution < 1.29 is 40.3 Å². The van der Waals surface area contributed by atoms with Crippen molar-refractivity contribution in [2.75, 3.05) is 16.8 Å². The van der Waals surface area contributed by atoms with E-state index in [2.05, 4.69) is 32.8 Å². The highest BCUT2D eigenvalue weighted by atomic mass is 79.9. The summed E-state index contributed by atoms with van der Waals surface area (Å²) < 4.78 is 98.0. The molecule has 1 N–H and O–H groups in total. The van der Waals surface area contributed by atoms with Crippen LogP contribution < -0.4 is 10.2 Å². The van der Waals surface area contributed by atoms with Crippen molar-refractivity contribution in [1.29, 1.82) is 5.26 Å². The van der Waals surface area contributed by atoms with Gasteiger partial charge in [0.1, 0.15) is 0 Å². The van der Waals surface area contributed by atoms with Gasteiger partial charge in [-0.25, -0.2) is 8.78 Å². The van der Waals surface area contributed by atoms with E-state index in [0.29, 0.717) is 17.7 Å². The van der Waals surface area contributed by atoms with Gasteiger partial charge in [-0.1, -0.05) is 13.0 Å². The molecule has 3 aromatic rings. The van der Waals surface area contributed by atoms with E-state index in [1.807, 2.05) is 6.07 Å². The highest BCUT2D eigenvalue weighted by molar-refractivity contribution is 9.10. The molecule has 0 saturated carbocycles. The fourth-order valence-electron chi connectivity index (χ4n) is 4.12. The molecule has 0 aromatic heterocycles. The Morgan fingerprint density at radius 1 is 1.02 bits per heavy atom. The molecule has 0 spiro atoms. The Morgan fingerprint density at radius 2 is 1.64 bits per heavy atom. The smallest absolute Gasteiger partial charge is 0.321 e. The number of carbonyl (C=O) groups excluding carboxylic acids is 2. The van der Waals surface area contributed by atoms with Gasteiger partial charge in [-0.15, -0.1) is 0 Å². The van der Waals surface area contributed by atoms with Crippen LogP contribution in [0.15, 0.2) is 59.1 Å². The molecule has 0 aliphatic heterocycles. The second kappa shape index (κ2) is 12.3. The van der Waals surface area contributed by atoms with Crippen molar-refractivity contribution in [3.63, 3.8) is 0 Å². The van der Waals surface area contributed by atoms with E-state index < -0.39 is 50.5 Å². The molecule has 0 fully saturated rings. The van der Waals surface area contributed by atoms with Gasteiger partial charge in [0, 0.05) is 22.1 Å². The zero-order valence-corrected chi connectivity index (χ0v) is 24.1. The van der Waals surface area contributed by atoms with Crippen LogP contribution >= 0.6 is 27.5 Å². The second-order valence-corrected chi connectivity index (χ2v) is 10.2. The molecule has 1 atom stereocenters. The van der Waals surface area contributed by atoms with Gasteiger partial charge in [-0.2, -0.15) is 27.2 Å². The molecule has 0 bridgehead atoms. The molecule has 222 valence electrons. The first-order valence-corrected chi connectivity index (χ1v) is 13.3. The summed E-state index contributed by atoms with van der Waals surface area (Å²) in [6.45, 7) is 2.96. The van der Waals surface area contributed by atoms with Crippen molar-refractivity contribution in [2.24, 2.45) is 0 Å². The van der Waals surface area contributed by atoms with Crippen molar-refractivity contribution >= 4 is 50.7 Å². The average Bonchev–Trinajstić information content (AvgIpc) is 2.93. The zero-order chi connectivity index (χ0) is 31.6. The summed E-state index contributed by atoms with van der Waals surface area (Å²) in [7, 11) is 0. The van der Waals surface area contributed by atoms with Crippen LogP contribution in [0.4, 0.5) is 42.1 Å². The van der Waals surface area contributed by atoms with E-state index in [9.17, 15) is 35.9 Å². The molecular formula is C28H20BrClF7N3O2. The third-order valence-electron chi connectivity index (χ3n) is 6.31. The predicted octanol–water partition coefficient (Wildman–Crippen LogP) is 8.50. The van der Waals surface area contributed by atoms with E-state index >= 15 is 4.39 Å². The lowest BCUT2D eigenvalue weighted by atomic mass is 9.92. The van der Waals surface area contributed by atoms with Crippen LogP contribution in [0.5, 0.6) is 0 Å². The van der Waals surface area contributed by atoms with Crippen LogP contribution in [-0.2, 0) is 12.1 Å². The summed E-state index contributed by atoms with van der Waals surface area (Å²) >= 11 is 7.45. The number of halogens is 9. The van der Waals surface area contributed by atoms with Gasteiger partial charge >= 0.3 is 17.2 Å². The molecule has 0 saturated heterocycles. The summed E-state index contributed by atoms with van der Waals surface area (Å²) in [6, 6.07) is 12.0. The van der Waals surface area contributed by atoms with Gasteiger partial charge in [0.15, 0.2) is 5.82 Å². The number of nitrogens with zero attached hydrogens (tertiary/aromatic N) is 2. The van der Waals surface area contributed by atoms with Crippen LogP contribution in [0.25, 0.3) is 0 Å². The molecule has 0 aliphatic carbocycles. The lowest BCUT2D eigenvalue weighted by Crippen LogP contribution is -2.49. The SMILES string of the molecule is CCc1cc(C(F)(C(F)(F)F)C(F)(F)Cl)cc(Br)c1NC(=O)c1cccc(N(CC)C(=O)c2ccc(C#N)cc2)c1F. The van der Waals surface area contributed by atoms with Crippen LogP contribution in [0.3, 0.4) is 0 Å². The fraction of sp³-hybridized carbons (Fsp3) is 0.250.